The summed E-state index contributed by atoms with van der Waals surface area (Å²) in [4.78, 5) is 0. The van der Waals surface area contributed by atoms with Crippen molar-refractivity contribution < 1.29 is 23.3 Å². The minimum atomic E-state index is -1.53. The lowest BCUT2D eigenvalue weighted by atomic mass is 10.0. The molecule has 5 atom stereocenters. The Kier molecular flexibility index (Phi) is 10.8. The van der Waals surface area contributed by atoms with Crippen LogP contribution in [-0.2, 0) is 44.5 Å². The van der Waals surface area contributed by atoms with Crippen LogP contribution in [0.15, 0.2) is 121 Å². The summed E-state index contributed by atoms with van der Waals surface area (Å²) in [7, 11) is 0. The van der Waals surface area contributed by atoms with E-state index in [1.165, 1.54) is 11.8 Å². The Hall–Kier alpha value is -3.00. The van der Waals surface area contributed by atoms with Crippen LogP contribution in [0.25, 0.3) is 0 Å². The number of alkyl halides is 1. The first kappa shape index (κ1) is 28.5. The molecule has 0 bridgehead atoms. The van der Waals surface area contributed by atoms with E-state index in [1.807, 2.05) is 121 Å². The zero-order valence-electron chi connectivity index (χ0n) is 22.4. The van der Waals surface area contributed by atoms with Gasteiger partial charge in [0.15, 0.2) is 0 Å². The smallest absolute Gasteiger partial charge is 0.213 e. The Morgan fingerprint density at radius 2 is 1.02 bits per heavy atom. The lowest BCUT2D eigenvalue weighted by molar-refractivity contribution is -0.241. The third kappa shape index (κ3) is 8.26. The molecule has 0 spiro atoms. The van der Waals surface area contributed by atoms with E-state index in [0.717, 1.165) is 22.3 Å². The zero-order chi connectivity index (χ0) is 27.4. The average Bonchev–Trinajstić information content (AvgIpc) is 3.01. The third-order valence-corrected chi connectivity index (χ3v) is 8.19. The highest BCUT2D eigenvalue weighted by Crippen LogP contribution is 2.37. The van der Waals surface area contributed by atoms with Gasteiger partial charge in [-0.2, -0.15) is 0 Å². The standard InChI is InChI=1S/C34H35FO4S/c35-34-33(40-25-29-19-11-4-12-20-29)32(38-23-28-17-9-3-10-18-28)31(37-22-27-15-7-2-8-16-27)30(39-34)24-36-21-26-13-5-1-6-14-26/h1-20,30-34H,21-25H2/t30-,31-,32+,33+,34+/m1/s1. The van der Waals surface area contributed by atoms with E-state index in [4.69, 9.17) is 18.9 Å². The van der Waals surface area contributed by atoms with Gasteiger partial charge in [-0.25, -0.2) is 4.39 Å². The maximum atomic E-state index is 15.8. The Morgan fingerprint density at radius 3 is 1.55 bits per heavy atom. The highest BCUT2D eigenvalue weighted by molar-refractivity contribution is 7.99. The SMILES string of the molecule is F[C@H]1O[C@H](COCc2ccccc2)[C@@H](OCc2ccccc2)[C@H](OCc2ccccc2)[C@@H]1SCc1ccccc1. The minimum Gasteiger partial charge on any atom is -0.374 e. The molecule has 4 aromatic rings. The first-order valence-electron chi connectivity index (χ1n) is 13.6. The summed E-state index contributed by atoms with van der Waals surface area (Å²) < 4.78 is 40.9. The first-order valence-corrected chi connectivity index (χ1v) is 14.7. The lowest BCUT2D eigenvalue weighted by Gasteiger charge is -2.43. The van der Waals surface area contributed by atoms with E-state index in [0.29, 0.717) is 25.6 Å². The number of hydrogen-bond donors (Lipinski definition) is 0. The normalized spacial score (nSPS) is 22.7. The van der Waals surface area contributed by atoms with E-state index in [1.54, 1.807) is 0 Å². The molecular weight excluding hydrogens is 523 g/mol. The quantitative estimate of drug-likeness (QED) is 0.171. The van der Waals surface area contributed by atoms with E-state index in [9.17, 15) is 0 Å². The average molecular weight is 559 g/mol. The molecule has 4 aromatic carbocycles. The molecule has 1 aliphatic rings. The molecule has 0 unspecified atom stereocenters. The topological polar surface area (TPSA) is 36.9 Å². The van der Waals surface area contributed by atoms with Crippen LogP contribution in [0, 0.1) is 0 Å². The van der Waals surface area contributed by atoms with Gasteiger partial charge in [-0.1, -0.05) is 121 Å². The zero-order valence-corrected chi connectivity index (χ0v) is 23.2. The van der Waals surface area contributed by atoms with Gasteiger partial charge < -0.3 is 18.9 Å². The number of hydrogen-bond acceptors (Lipinski definition) is 5. The molecule has 0 N–H and O–H groups in total. The highest BCUT2D eigenvalue weighted by atomic mass is 32.2. The summed E-state index contributed by atoms with van der Waals surface area (Å²) in [5.41, 5.74) is 4.22. The molecule has 0 radical (unpaired) electrons. The Bertz CT molecular complexity index is 1250. The lowest BCUT2D eigenvalue weighted by Crippen LogP contribution is -2.58. The van der Waals surface area contributed by atoms with Crippen molar-refractivity contribution in [2.45, 2.75) is 55.5 Å². The van der Waals surface area contributed by atoms with E-state index in [-0.39, 0.29) is 6.61 Å². The molecule has 1 aliphatic heterocycles. The van der Waals surface area contributed by atoms with Gasteiger partial charge in [0.2, 0.25) is 6.36 Å². The molecule has 0 saturated carbocycles. The summed E-state index contributed by atoms with van der Waals surface area (Å²) in [6.07, 6.45) is -3.24. The van der Waals surface area contributed by atoms with Gasteiger partial charge in [-0.05, 0) is 22.3 Å². The molecule has 0 aliphatic carbocycles. The predicted molar refractivity (Wildman–Crippen MR) is 157 cm³/mol. The summed E-state index contributed by atoms with van der Waals surface area (Å²) >= 11 is 1.50. The molecule has 1 saturated heterocycles. The highest BCUT2D eigenvalue weighted by Gasteiger charge is 2.48. The first-order chi connectivity index (χ1) is 19.8. The molecule has 6 heteroatoms. The molecule has 5 rings (SSSR count). The van der Waals surface area contributed by atoms with Crippen LogP contribution in [0.2, 0.25) is 0 Å². The van der Waals surface area contributed by atoms with Crippen molar-refractivity contribution in [2.75, 3.05) is 6.61 Å². The maximum Gasteiger partial charge on any atom is 0.213 e. The van der Waals surface area contributed by atoms with E-state index >= 15 is 4.39 Å². The molecule has 0 amide bonds. The van der Waals surface area contributed by atoms with Crippen LogP contribution in [-0.4, -0.2) is 36.5 Å². The Balaban J connectivity index is 1.36. The number of halogens is 1. The fourth-order valence-corrected chi connectivity index (χ4v) is 5.95. The second kappa shape index (κ2) is 15.1. The van der Waals surface area contributed by atoms with Gasteiger partial charge in [0.1, 0.15) is 18.3 Å². The molecule has 1 fully saturated rings. The van der Waals surface area contributed by atoms with Crippen LogP contribution >= 0.6 is 11.8 Å². The second-order valence-corrected chi connectivity index (χ2v) is 11.0. The van der Waals surface area contributed by atoms with Crippen LogP contribution < -0.4 is 0 Å². The van der Waals surface area contributed by atoms with E-state index in [2.05, 4.69) is 0 Å². The molecule has 208 valence electrons. The van der Waals surface area contributed by atoms with Gasteiger partial charge in [0, 0.05) is 5.75 Å². The third-order valence-electron chi connectivity index (χ3n) is 6.83. The van der Waals surface area contributed by atoms with Crippen LogP contribution in [0.3, 0.4) is 0 Å². The Morgan fingerprint density at radius 1 is 0.575 bits per heavy atom. The second-order valence-electron chi connectivity index (χ2n) is 9.81. The number of rotatable bonds is 13. The predicted octanol–water partition coefficient (Wildman–Crippen LogP) is 7.37. The van der Waals surface area contributed by atoms with Crippen LogP contribution in [0.1, 0.15) is 22.3 Å². The number of ether oxygens (including phenoxy) is 4. The fraction of sp³-hybridized carbons (Fsp3) is 0.294. The molecule has 0 aromatic heterocycles. The van der Waals surface area contributed by atoms with Gasteiger partial charge in [0.25, 0.3) is 0 Å². The number of benzene rings is 4. The Labute approximate surface area is 240 Å². The van der Waals surface area contributed by atoms with Crippen molar-refractivity contribution in [3.63, 3.8) is 0 Å². The van der Waals surface area contributed by atoms with Gasteiger partial charge in [-0.3, -0.25) is 0 Å². The van der Waals surface area contributed by atoms with Gasteiger partial charge >= 0.3 is 0 Å². The summed E-state index contributed by atoms with van der Waals surface area (Å²) in [5.74, 6) is 0.640. The van der Waals surface area contributed by atoms with E-state index < -0.39 is 29.9 Å². The van der Waals surface area contributed by atoms with Crippen molar-refractivity contribution in [3.05, 3.63) is 144 Å². The van der Waals surface area contributed by atoms with Crippen LogP contribution in [0.4, 0.5) is 4.39 Å². The summed E-state index contributed by atoms with van der Waals surface area (Å²) in [6.45, 7) is 1.31. The number of thioether (sulfide) groups is 1. The molecule has 40 heavy (non-hydrogen) atoms. The van der Waals surface area contributed by atoms with Crippen molar-refractivity contribution in [3.8, 4) is 0 Å². The molecule has 4 nitrogen and oxygen atoms in total. The van der Waals surface area contributed by atoms with Gasteiger partial charge in [-0.15, -0.1) is 11.8 Å². The summed E-state index contributed by atoms with van der Waals surface area (Å²) in [5, 5.41) is -0.574. The van der Waals surface area contributed by atoms with Crippen molar-refractivity contribution in [1.82, 2.24) is 0 Å². The monoisotopic (exact) mass is 558 g/mol. The maximum absolute atomic E-state index is 15.8. The fourth-order valence-electron chi connectivity index (χ4n) is 4.73. The minimum absolute atomic E-state index is 0.191. The van der Waals surface area contributed by atoms with Crippen molar-refractivity contribution >= 4 is 11.8 Å². The van der Waals surface area contributed by atoms with Crippen molar-refractivity contribution in [1.29, 1.82) is 0 Å². The molecule has 1 heterocycles. The van der Waals surface area contributed by atoms with Crippen molar-refractivity contribution in [2.24, 2.45) is 0 Å². The molecular formula is C34H35FO4S. The largest absolute Gasteiger partial charge is 0.374 e. The summed E-state index contributed by atoms with van der Waals surface area (Å²) in [6, 6.07) is 39.9. The van der Waals surface area contributed by atoms with Gasteiger partial charge in [0.05, 0.1) is 31.7 Å². The van der Waals surface area contributed by atoms with Crippen LogP contribution in [0.5, 0.6) is 0 Å².